The second-order valence-electron chi connectivity index (χ2n) is 5.75. The summed E-state index contributed by atoms with van der Waals surface area (Å²) in [5.41, 5.74) is 5.32. The number of carboxylic acid groups (broad SMARTS) is 1. The van der Waals surface area contributed by atoms with Crippen molar-refractivity contribution in [1.82, 2.24) is 5.32 Å². The van der Waals surface area contributed by atoms with Crippen LogP contribution in [0.25, 0.3) is 0 Å². The highest BCUT2D eigenvalue weighted by molar-refractivity contribution is 5.85. The van der Waals surface area contributed by atoms with Gasteiger partial charge in [-0.05, 0) is 44.4 Å². The third-order valence-corrected chi connectivity index (χ3v) is 4.47. The van der Waals surface area contributed by atoms with E-state index in [1.165, 1.54) is 0 Å². The molecular formula is C13H22N2O3. The molecule has 0 radical (unpaired) electrons. The average molecular weight is 254 g/mol. The molecule has 0 spiro atoms. The van der Waals surface area contributed by atoms with Gasteiger partial charge >= 0.3 is 5.97 Å². The van der Waals surface area contributed by atoms with Gasteiger partial charge in [-0.15, -0.1) is 0 Å². The monoisotopic (exact) mass is 254 g/mol. The number of hydrogen-bond donors (Lipinski definition) is 3. The van der Waals surface area contributed by atoms with E-state index >= 15 is 0 Å². The molecule has 0 aromatic rings. The molecule has 2 aliphatic carbocycles. The highest BCUT2D eigenvalue weighted by Crippen LogP contribution is 2.44. The summed E-state index contributed by atoms with van der Waals surface area (Å²) in [7, 11) is 0. The van der Waals surface area contributed by atoms with Crippen molar-refractivity contribution in [2.24, 2.45) is 23.0 Å². The number of carbonyl (C=O) groups is 2. The molecule has 0 aromatic heterocycles. The number of nitrogens with two attached hydrogens (primary N) is 1. The van der Waals surface area contributed by atoms with Crippen LogP contribution in [0, 0.1) is 17.3 Å². The Morgan fingerprint density at radius 3 is 2.28 bits per heavy atom. The average Bonchev–Trinajstić information content (AvgIpc) is 3.17. The lowest BCUT2D eigenvalue weighted by molar-refractivity contribution is -0.143. The summed E-state index contributed by atoms with van der Waals surface area (Å²) in [5.74, 6) is -0.350. The van der Waals surface area contributed by atoms with Gasteiger partial charge in [-0.1, -0.05) is 0 Å². The van der Waals surface area contributed by atoms with Crippen molar-refractivity contribution in [2.75, 3.05) is 13.1 Å². The lowest BCUT2D eigenvalue weighted by Crippen LogP contribution is -2.39. The first-order valence-corrected chi connectivity index (χ1v) is 6.78. The first kappa shape index (κ1) is 13.3. The number of carboxylic acids is 1. The Balaban J connectivity index is 1.69. The van der Waals surface area contributed by atoms with E-state index in [1.807, 2.05) is 0 Å². The van der Waals surface area contributed by atoms with Gasteiger partial charge in [-0.25, -0.2) is 0 Å². The molecular weight excluding hydrogens is 232 g/mol. The molecule has 5 nitrogen and oxygen atoms in total. The zero-order valence-electron chi connectivity index (χ0n) is 10.7. The van der Waals surface area contributed by atoms with Crippen molar-refractivity contribution in [1.29, 1.82) is 0 Å². The highest BCUT2D eigenvalue weighted by Gasteiger charge is 2.48. The number of nitrogens with one attached hydrogen (secondary N) is 1. The van der Waals surface area contributed by atoms with Crippen LogP contribution in [0.5, 0.6) is 0 Å². The molecule has 2 rings (SSSR count). The van der Waals surface area contributed by atoms with Crippen molar-refractivity contribution in [3.63, 3.8) is 0 Å². The van der Waals surface area contributed by atoms with Crippen LogP contribution in [0.1, 0.15) is 38.5 Å². The van der Waals surface area contributed by atoms with Crippen LogP contribution in [0.2, 0.25) is 0 Å². The number of hydrogen-bond acceptors (Lipinski definition) is 3. The van der Waals surface area contributed by atoms with Crippen LogP contribution < -0.4 is 11.1 Å². The number of rotatable bonds is 5. The number of amides is 1. The van der Waals surface area contributed by atoms with Gasteiger partial charge < -0.3 is 16.2 Å². The molecule has 2 aliphatic rings. The molecule has 4 N–H and O–H groups in total. The molecule has 102 valence electrons. The van der Waals surface area contributed by atoms with Crippen molar-refractivity contribution >= 4 is 11.9 Å². The molecule has 0 atom stereocenters. The molecule has 2 saturated carbocycles. The molecule has 0 aromatic carbocycles. The van der Waals surface area contributed by atoms with E-state index in [1.54, 1.807) is 0 Å². The molecule has 0 aliphatic heterocycles. The SMILES string of the molecule is NCC1(C(=O)NCC2CCC(C(=O)O)CC2)CC1. The minimum atomic E-state index is -0.683. The summed E-state index contributed by atoms with van der Waals surface area (Å²) < 4.78 is 0. The lowest BCUT2D eigenvalue weighted by atomic mass is 9.82. The molecule has 1 amide bonds. The van der Waals surface area contributed by atoms with Crippen LogP contribution in [-0.4, -0.2) is 30.1 Å². The van der Waals surface area contributed by atoms with Gasteiger partial charge in [0, 0.05) is 13.1 Å². The second-order valence-corrected chi connectivity index (χ2v) is 5.75. The summed E-state index contributed by atoms with van der Waals surface area (Å²) >= 11 is 0. The topological polar surface area (TPSA) is 92.4 Å². The molecule has 0 bridgehead atoms. The zero-order valence-corrected chi connectivity index (χ0v) is 10.7. The van der Waals surface area contributed by atoms with E-state index < -0.39 is 5.97 Å². The van der Waals surface area contributed by atoms with E-state index in [4.69, 9.17) is 10.8 Å². The van der Waals surface area contributed by atoms with Crippen molar-refractivity contribution < 1.29 is 14.7 Å². The van der Waals surface area contributed by atoms with E-state index in [-0.39, 0.29) is 17.2 Å². The van der Waals surface area contributed by atoms with Gasteiger partial charge in [0.05, 0.1) is 11.3 Å². The maximum absolute atomic E-state index is 11.9. The summed E-state index contributed by atoms with van der Waals surface area (Å²) in [6.07, 6.45) is 5.07. The third-order valence-electron chi connectivity index (χ3n) is 4.47. The number of carbonyl (C=O) groups excluding carboxylic acids is 1. The summed E-state index contributed by atoms with van der Waals surface area (Å²) in [6.45, 7) is 1.11. The Kier molecular flexibility index (Phi) is 3.90. The summed E-state index contributed by atoms with van der Waals surface area (Å²) in [6, 6.07) is 0. The molecule has 0 saturated heterocycles. The maximum atomic E-state index is 11.9. The Hall–Kier alpha value is -1.10. The summed E-state index contributed by atoms with van der Waals surface area (Å²) in [5, 5.41) is 11.9. The highest BCUT2D eigenvalue weighted by atomic mass is 16.4. The molecule has 18 heavy (non-hydrogen) atoms. The summed E-state index contributed by atoms with van der Waals surface area (Å²) in [4.78, 5) is 22.7. The molecule has 0 unspecified atom stereocenters. The normalized spacial score (nSPS) is 29.6. The van der Waals surface area contributed by atoms with Crippen molar-refractivity contribution in [2.45, 2.75) is 38.5 Å². The predicted molar refractivity (Wildman–Crippen MR) is 66.8 cm³/mol. The molecule has 0 heterocycles. The van der Waals surface area contributed by atoms with Gasteiger partial charge in [-0.2, -0.15) is 0 Å². The van der Waals surface area contributed by atoms with E-state index in [2.05, 4.69) is 5.32 Å². The van der Waals surface area contributed by atoms with Crippen molar-refractivity contribution in [3.05, 3.63) is 0 Å². The van der Waals surface area contributed by atoms with E-state index in [0.29, 0.717) is 19.0 Å². The van der Waals surface area contributed by atoms with Crippen LogP contribution in [0.3, 0.4) is 0 Å². The largest absolute Gasteiger partial charge is 0.481 e. The Labute approximate surface area is 107 Å². The predicted octanol–water partition coefficient (Wildman–Crippen LogP) is 0.732. The lowest BCUT2D eigenvalue weighted by Gasteiger charge is -2.26. The fourth-order valence-corrected chi connectivity index (χ4v) is 2.71. The number of aliphatic carboxylic acids is 1. The van der Waals surface area contributed by atoms with Gasteiger partial charge in [0.2, 0.25) is 5.91 Å². The fourth-order valence-electron chi connectivity index (χ4n) is 2.71. The van der Waals surface area contributed by atoms with E-state index in [0.717, 1.165) is 38.5 Å². The van der Waals surface area contributed by atoms with E-state index in [9.17, 15) is 9.59 Å². The maximum Gasteiger partial charge on any atom is 0.306 e. The first-order chi connectivity index (χ1) is 8.57. The Morgan fingerprint density at radius 2 is 1.83 bits per heavy atom. The zero-order chi connectivity index (χ0) is 13.2. The minimum absolute atomic E-state index is 0.0883. The van der Waals surface area contributed by atoms with Crippen molar-refractivity contribution in [3.8, 4) is 0 Å². The Morgan fingerprint density at radius 1 is 1.22 bits per heavy atom. The molecule has 2 fully saturated rings. The Bertz CT molecular complexity index is 331. The minimum Gasteiger partial charge on any atom is -0.481 e. The quantitative estimate of drug-likeness (QED) is 0.674. The van der Waals surface area contributed by atoms with Crippen LogP contribution in [0.4, 0.5) is 0 Å². The third kappa shape index (κ3) is 2.83. The van der Waals surface area contributed by atoms with Gasteiger partial charge in [0.25, 0.3) is 0 Å². The van der Waals surface area contributed by atoms with Gasteiger partial charge in [0.15, 0.2) is 0 Å². The van der Waals surface area contributed by atoms with Gasteiger partial charge in [-0.3, -0.25) is 9.59 Å². The van der Waals surface area contributed by atoms with Crippen LogP contribution in [-0.2, 0) is 9.59 Å². The molecule has 5 heteroatoms. The smallest absolute Gasteiger partial charge is 0.306 e. The second kappa shape index (κ2) is 5.26. The van der Waals surface area contributed by atoms with Crippen LogP contribution in [0.15, 0.2) is 0 Å². The van der Waals surface area contributed by atoms with Gasteiger partial charge in [0.1, 0.15) is 0 Å². The first-order valence-electron chi connectivity index (χ1n) is 6.78. The fraction of sp³-hybridized carbons (Fsp3) is 0.846. The standard InChI is InChI=1S/C13H22N2O3/c14-8-13(5-6-13)12(18)15-7-9-1-3-10(4-2-9)11(16)17/h9-10H,1-8,14H2,(H,15,18)(H,16,17). The van der Waals surface area contributed by atoms with Crippen LogP contribution >= 0.6 is 0 Å².